The summed E-state index contributed by atoms with van der Waals surface area (Å²) >= 11 is 0. The van der Waals surface area contributed by atoms with E-state index in [1.165, 1.54) is 4.31 Å². The molecule has 22 heavy (non-hydrogen) atoms. The fourth-order valence-corrected chi connectivity index (χ4v) is 3.93. The van der Waals surface area contributed by atoms with Crippen molar-refractivity contribution in [2.24, 2.45) is 0 Å². The first-order valence-corrected chi connectivity index (χ1v) is 8.98. The Hall–Kier alpha value is -1.60. The van der Waals surface area contributed by atoms with Crippen molar-refractivity contribution in [3.05, 3.63) is 29.8 Å². The summed E-state index contributed by atoms with van der Waals surface area (Å²) in [5.74, 6) is 0. The highest BCUT2D eigenvalue weighted by molar-refractivity contribution is 7.89. The van der Waals surface area contributed by atoms with Crippen LogP contribution in [-0.2, 0) is 10.0 Å². The van der Waals surface area contributed by atoms with Gasteiger partial charge in [0.25, 0.3) is 0 Å². The molecule has 1 aliphatic heterocycles. The smallest absolute Gasteiger partial charge is 0.317 e. The molecule has 1 saturated heterocycles. The van der Waals surface area contributed by atoms with Crippen LogP contribution < -0.4 is 5.32 Å². The van der Waals surface area contributed by atoms with Gasteiger partial charge in [-0.3, -0.25) is 0 Å². The van der Waals surface area contributed by atoms with Gasteiger partial charge in [0.15, 0.2) is 0 Å². The van der Waals surface area contributed by atoms with Gasteiger partial charge >= 0.3 is 6.03 Å². The zero-order valence-corrected chi connectivity index (χ0v) is 13.9. The number of carbonyl (C=O) groups excluding carboxylic acids is 1. The Bertz CT molecular complexity index is 623. The number of hydrogen-bond donors (Lipinski definition) is 1. The lowest BCUT2D eigenvalue weighted by molar-refractivity contribution is 0.172. The van der Waals surface area contributed by atoms with Crippen LogP contribution in [0.15, 0.2) is 29.2 Å². The molecule has 1 heterocycles. The number of aryl methyl sites for hydroxylation is 1. The number of amides is 2. The third kappa shape index (κ3) is 3.78. The van der Waals surface area contributed by atoms with Gasteiger partial charge in [-0.1, -0.05) is 19.1 Å². The molecule has 1 aromatic rings. The highest BCUT2D eigenvalue weighted by atomic mass is 32.2. The van der Waals surface area contributed by atoms with Crippen molar-refractivity contribution in [3.63, 3.8) is 0 Å². The molecule has 122 valence electrons. The monoisotopic (exact) mass is 325 g/mol. The highest BCUT2D eigenvalue weighted by Gasteiger charge is 2.29. The van der Waals surface area contributed by atoms with E-state index in [2.05, 4.69) is 5.32 Å². The van der Waals surface area contributed by atoms with Crippen LogP contribution in [0.5, 0.6) is 0 Å². The molecule has 0 unspecified atom stereocenters. The van der Waals surface area contributed by atoms with Crippen molar-refractivity contribution in [1.29, 1.82) is 0 Å². The van der Waals surface area contributed by atoms with Gasteiger partial charge in [0, 0.05) is 32.7 Å². The van der Waals surface area contributed by atoms with Crippen LogP contribution >= 0.6 is 0 Å². The van der Waals surface area contributed by atoms with Crippen LogP contribution in [0.4, 0.5) is 4.79 Å². The minimum Gasteiger partial charge on any atom is -0.338 e. The van der Waals surface area contributed by atoms with Gasteiger partial charge in [-0.25, -0.2) is 13.2 Å². The van der Waals surface area contributed by atoms with Gasteiger partial charge in [-0.05, 0) is 31.0 Å². The Morgan fingerprint density at radius 1 is 1.23 bits per heavy atom. The molecule has 0 radical (unpaired) electrons. The normalized spacial score (nSPS) is 16.5. The van der Waals surface area contributed by atoms with E-state index >= 15 is 0 Å². The van der Waals surface area contributed by atoms with Gasteiger partial charge < -0.3 is 10.2 Å². The third-order valence-electron chi connectivity index (χ3n) is 3.68. The summed E-state index contributed by atoms with van der Waals surface area (Å²) in [5, 5.41) is 2.81. The zero-order chi connectivity index (χ0) is 16.2. The number of urea groups is 1. The zero-order valence-electron chi connectivity index (χ0n) is 13.1. The first-order chi connectivity index (χ1) is 10.4. The van der Waals surface area contributed by atoms with Crippen molar-refractivity contribution in [3.8, 4) is 0 Å². The van der Waals surface area contributed by atoms with E-state index in [4.69, 9.17) is 0 Å². The van der Waals surface area contributed by atoms with Gasteiger partial charge in [0.2, 0.25) is 10.0 Å². The van der Waals surface area contributed by atoms with E-state index in [1.54, 1.807) is 23.1 Å². The number of carbonyl (C=O) groups is 1. The SMILES string of the molecule is CCCNC(=O)N1CCN(S(=O)(=O)c2cccc(C)c2)CC1. The summed E-state index contributed by atoms with van der Waals surface area (Å²) in [5.41, 5.74) is 0.915. The molecule has 1 aromatic carbocycles. The first-order valence-electron chi connectivity index (χ1n) is 7.54. The van der Waals surface area contributed by atoms with Gasteiger partial charge in [-0.15, -0.1) is 0 Å². The summed E-state index contributed by atoms with van der Waals surface area (Å²) < 4.78 is 26.6. The minimum absolute atomic E-state index is 0.116. The number of sulfonamides is 1. The third-order valence-corrected chi connectivity index (χ3v) is 5.57. The van der Waals surface area contributed by atoms with Crippen molar-refractivity contribution < 1.29 is 13.2 Å². The van der Waals surface area contributed by atoms with Crippen LogP contribution in [0.2, 0.25) is 0 Å². The van der Waals surface area contributed by atoms with E-state index in [0.717, 1.165) is 12.0 Å². The van der Waals surface area contributed by atoms with Crippen molar-refractivity contribution >= 4 is 16.1 Å². The standard InChI is InChI=1S/C15H23N3O3S/c1-3-7-16-15(19)17-8-10-18(11-9-17)22(20,21)14-6-4-5-13(2)12-14/h4-6,12H,3,7-11H2,1-2H3,(H,16,19). The van der Waals surface area contributed by atoms with Crippen LogP contribution in [0.3, 0.4) is 0 Å². The predicted octanol–water partition coefficient (Wildman–Crippen LogP) is 1.42. The Labute approximate surface area is 132 Å². The van der Waals surface area contributed by atoms with Crippen LogP contribution in [-0.4, -0.2) is 56.4 Å². The van der Waals surface area contributed by atoms with E-state index in [-0.39, 0.29) is 6.03 Å². The Balaban J connectivity index is 2.00. The molecule has 0 bridgehead atoms. The van der Waals surface area contributed by atoms with Crippen molar-refractivity contribution in [2.75, 3.05) is 32.7 Å². The van der Waals surface area contributed by atoms with Gasteiger partial charge in [0.1, 0.15) is 0 Å². The number of piperazine rings is 1. The van der Waals surface area contributed by atoms with Gasteiger partial charge in [-0.2, -0.15) is 4.31 Å². The molecule has 0 atom stereocenters. The Morgan fingerprint density at radius 2 is 1.91 bits per heavy atom. The molecule has 0 spiro atoms. The van der Waals surface area contributed by atoms with Crippen LogP contribution in [0, 0.1) is 6.92 Å². The number of nitrogens with one attached hydrogen (secondary N) is 1. The number of benzene rings is 1. The largest absolute Gasteiger partial charge is 0.338 e. The second-order valence-electron chi connectivity index (χ2n) is 5.44. The maximum atomic E-state index is 12.6. The number of nitrogens with zero attached hydrogens (tertiary/aromatic N) is 2. The second kappa shape index (κ2) is 7.11. The molecule has 0 saturated carbocycles. The lowest BCUT2D eigenvalue weighted by Crippen LogP contribution is -2.53. The average molecular weight is 325 g/mol. The van der Waals surface area contributed by atoms with Crippen LogP contribution in [0.1, 0.15) is 18.9 Å². The highest BCUT2D eigenvalue weighted by Crippen LogP contribution is 2.18. The molecule has 2 rings (SSSR count). The average Bonchev–Trinajstić information content (AvgIpc) is 2.52. The molecule has 1 fully saturated rings. The lowest BCUT2D eigenvalue weighted by Gasteiger charge is -2.34. The molecule has 0 aromatic heterocycles. The maximum absolute atomic E-state index is 12.6. The number of rotatable bonds is 4. The summed E-state index contributed by atoms with van der Waals surface area (Å²) in [6.45, 7) is 6.00. The second-order valence-corrected chi connectivity index (χ2v) is 7.38. The molecule has 2 amide bonds. The first kappa shape index (κ1) is 16.8. The minimum atomic E-state index is -3.48. The summed E-state index contributed by atoms with van der Waals surface area (Å²) in [4.78, 5) is 13.9. The predicted molar refractivity (Wildman–Crippen MR) is 85.2 cm³/mol. The number of hydrogen-bond acceptors (Lipinski definition) is 3. The topological polar surface area (TPSA) is 69.7 Å². The quantitative estimate of drug-likeness (QED) is 0.910. The van der Waals surface area contributed by atoms with E-state index < -0.39 is 10.0 Å². The molecule has 7 heteroatoms. The van der Waals surface area contributed by atoms with Crippen molar-refractivity contribution in [2.45, 2.75) is 25.2 Å². The van der Waals surface area contributed by atoms with E-state index in [0.29, 0.717) is 37.6 Å². The lowest BCUT2D eigenvalue weighted by atomic mass is 10.2. The summed E-state index contributed by atoms with van der Waals surface area (Å²) in [6.07, 6.45) is 0.882. The molecule has 0 aliphatic carbocycles. The molecule has 1 aliphatic rings. The van der Waals surface area contributed by atoms with Gasteiger partial charge in [0.05, 0.1) is 4.90 Å². The van der Waals surface area contributed by atoms with E-state index in [1.807, 2.05) is 19.9 Å². The summed E-state index contributed by atoms with van der Waals surface area (Å²) in [6, 6.07) is 6.79. The molecular weight excluding hydrogens is 302 g/mol. The Morgan fingerprint density at radius 3 is 2.50 bits per heavy atom. The Kier molecular flexibility index (Phi) is 5.42. The fraction of sp³-hybridized carbons (Fsp3) is 0.533. The summed E-state index contributed by atoms with van der Waals surface area (Å²) in [7, 11) is -3.48. The maximum Gasteiger partial charge on any atom is 0.317 e. The molecular formula is C15H23N3O3S. The fourth-order valence-electron chi connectivity index (χ4n) is 2.40. The van der Waals surface area contributed by atoms with Crippen molar-refractivity contribution in [1.82, 2.24) is 14.5 Å². The van der Waals surface area contributed by atoms with E-state index in [9.17, 15) is 13.2 Å². The molecule has 1 N–H and O–H groups in total. The molecule has 6 nitrogen and oxygen atoms in total. The van der Waals surface area contributed by atoms with Crippen LogP contribution in [0.25, 0.3) is 0 Å².